The van der Waals surface area contributed by atoms with Crippen LogP contribution >= 0.6 is 11.8 Å². The van der Waals surface area contributed by atoms with Crippen molar-refractivity contribution in [2.24, 2.45) is 28.9 Å². The second-order valence-corrected chi connectivity index (χ2v) is 16.0. The molecular formula is C37H46N6O7S. The maximum Gasteiger partial charge on any atom is 0.283 e. The van der Waals surface area contributed by atoms with E-state index >= 15 is 0 Å². The number of carbonyl (C=O) groups excluding carboxylic acids is 5. The van der Waals surface area contributed by atoms with Crippen molar-refractivity contribution in [1.82, 2.24) is 21.3 Å². The highest BCUT2D eigenvalue weighted by atomic mass is 32.2. The molecule has 0 spiro atoms. The highest BCUT2D eigenvalue weighted by Gasteiger charge is 2.51. The Balaban J connectivity index is 1.22. The normalized spacial score (nSPS) is 29.8. The lowest BCUT2D eigenvalue weighted by atomic mass is 9.49. The monoisotopic (exact) mass is 718 g/mol. The molecule has 6 N–H and O–H groups in total. The molecule has 2 aromatic rings. The van der Waals surface area contributed by atoms with Gasteiger partial charge >= 0.3 is 0 Å². The van der Waals surface area contributed by atoms with Crippen molar-refractivity contribution in [3.63, 3.8) is 0 Å². The highest BCUT2D eigenvalue weighted by Crippen LogP contribution is 2.61. The first-order chi connectivity index (χ1) is 24.5. The molecule has 6 bridgehead atoms. The number of hydrogen-bond acceptors (Lipinski definition) is 8. The van der Waals surface area contributed by atoms with Crippen LogP contribution < -0.4 is 27.0 Å². The summed E-state index contributed by atoms with van der Waals surface area (Å²) in [6.07, 6.45) is 8.46. The second-order valence-electron chi connectivity index (χ2n) is 14.9. The Labute approximate surface area is 301 Å². The molecular weight excluding hydrogens is 673 g/mol. The predicted octanol–water partition coefficient (Wildman–Crippen LogP) is 3.39. The van der Waals surface area contributed by atoms with Gasteiger partial charge in [-0.3, -0.25) is 34.1 Å². The van der Waals surface area contributed by atoms with Crippen LogP contribution in [0.15, 0.2) is 53.4 Å². The topological polar surface area (TPSA) is 203 Å². The van der Waals surface area contributed by atoms with Crippen LogP contribution in [0.4, 0.5) is 5.69 Å². The van der Waals surface area contributed by atoms with E-state index in [0.717, 1.165) is 42.7 Å². The number of nitro groups is 1. The van der Waals surface area contributed by atoms with Gasteiger partial charge < -0.3 is 27.0 Å². The van der Waals surface area contributed by atoms with Crippen molar-refractivity contribution < 1.29 is 28.9 Å². The summed E-state index contributed by atoms with van der Waals surface area (Å²) >= 11 is 1.06. The maximum atomic E-state index is 13.6. The van der Waals surface area contributed by atoms with Gasteiger partial charge in [0.1, 0.15) is 18.1 Å². The van der Waals surface area contributed by atoms with Crippen molar-refractivity contribution in [2.75, 3.05) is 12.3 Å². The highest BCUT2D eigenvalue weighted by molar-refractivity contribution is 7.99. The Morgan fingerprint density at radius 2 is 1.63 bits per heavy atom. The van der Waals surface area contributed by atoms with Gasteiger partial charge in [0.15, 0.2) is 0 Å². The van der Waals surface area contributed by atoms with Crippen molar-refractivity contribution in [2.45, 2.75) is 93.7 Å². The Bertz CT molecular complexity index is 1630. The number of benzene rings is 2. The summed E-state index contributed by atoms with van der Waals surface area (Å²) in [4.78, 5) is 78.2. The average Bonchev–Trinajstić information content (AvgIpc) is 3.08. The maximum absolute atomic E-state index is 13.6. The van der Waals surface area contributed by atoms with Gasteiger partial charge in [-0.2, -0.15) is 0 Å². The third-order valence-electron chi connectivity index (χ3n) is 11.0. The lowest BCUT2D eigenvalue weighted by molar-refractivity contribution is -0.387. The minimum absolute atomic E-state index is 0.0294. The summed E-state index contributed by atoms with van der Waals surface area (Å²) in [6, 6.07) is 9.89. The number of hydrogen-bond donors (Lipinski definition) is 5. The zero-order chi connectivity index (χ0) is 36.1. The van der Waals surface area contributed by atoms with E-state index in [1.807, 2.05) is 6.07 Å². The lowest BCUT2D eigenvalue weighted by Gasteiger charge is -2.56. The number of rotatable bonds is 7. The molecule has 2 aromatic carbocycles. The van der Waals surface area contributed by atoms with Crippen molar-refractivity contribution in [3.05, 3.63) is 69.8 Å². The number of nitrogens with two attached hydrogens (primary N) is 1. The fourth-order valence-electron chi connectivity index (χ4n) is 9.04. The molecule has 13 nitrogen and oxygen atoms in total. The first-order valence-corrected chi connectivity index (χ1v) is 18.9. The lowest BCUT2D eigenvalue weighted by Crippen LogP contribution is -2.53. The van der Waals surface area contributed by atoms with E-state index in [0.29, 0.717) is 37.0 Å². The smallest absolute Gasteiger partial charge is 0.283 e. The zero-order valence-electron chi connectivity index (χ0n) is 28.6. The Morgan fingerprint density at radius 3 is 2.27 bits per heavy atom. The molecule has 0 unspecified atom stereocenters. The van der Waals surface area contributed by atoms with Crippen LogP contribution in [0, 0.1) is 33.3 Å². The number of nitro benzene ring substituents is 1. The number of nitrogens with zero attached hydrogens (tertiary/aromatic N) is 1. The number of fused-ring (bicyclic) bond motifs is 16. The van der Waals surface area contributed by atoms with E-state index < -0.39 is 46.7 Å². The fraction of sp³-hybridized carbons (Fsp3) is 0.541. The molecule has 4 saturated carbocycles. The number of carbonyl (C=O) groups is 5. The predicted molar refractivity (Wildman–Crippen MR) is 190 cm³/mol. The van der Waals surface area contributed by atoms with E-state index in [2.05, 4.69) is 21.3 Å². The van der Waals surface area contributed by atoms with E-state index in [1.165, 1.54) is 31.4 Å². The molecule has 272 valence electrons. The molecule has 6 aliphatic rings. The van der Waals surface area contributed by atoms with Crippen molar-refractivity contribution in [3.8, 4) is 0 Å². The van der Waals surface area contributed by atoms with Gasteiger partial charge in [0.2, 0.25) is 23.6 Å². The van der Waals surface area contributed by atoms with Crippen molar-refractivity contribution >= 4 is 47.0 Å². The number of amides is 5. The van der Waals surface area contributed by atoms with Gasteiger partial charge in [0.05, 0.1) is 9.82 Å². The summed E-state index contributed by atoms with van der Waals surface area (Å²) in [5.41, 5.74) is 5.97. The summed E-state index contributed by atoms with van der Waals surface area (Å²) in [5, 5.41) is 23.4. The van der Waals surface area contributed by atoms with Gasteiger partial charge in [-0.15, -0.1) is 11.8 Å². The Morgan fingerprint density at radius 1 is 0.941 bits per heavy atom. The summed E-state index contributed by atoms with van der Waals surface area (Å²) < 4.78 is 0. The molecule has 51 heavy (non-hydrogen) atoms. The quantitative estimate of drug-likeness (QED) is 0.212. The molecule has 8 rings (SSSR count). The third-order valence-corrected chi connectivity index (χ3v) is 12.1. The van der Waals surface area contributed by atoms with Gasteiger partial charge in [0.25, 0.3) is 11.6 Å². The standard InChI is InChI=1S/C37H46N6O7S/c38-33(45)27-8-4-5-11-39-35(47)29(40-32(44)20-37-17-23-12-24(18-37)14-25(13-23)19-37)21-51-31-10-9-26(16-30(31)43(49)50)34(46)42-28(36(48)41-27)15-22-6-2-1-3-7-22/h1-3,6-7,9-10,16,23-25,27-29H,4-5,8,11-15,17-21H2,(H2,38,45)(H,39,47)(H,40,44)(H,41,48)(H,42,46)/t23?,24?,25?,27-,28-,29-,37?/m1/s1. The van der Waals surface area contributed by atoms with Crippen LogP contribution in [0.1, 0.15) is 80.1 Å². The van der Waals surface area contributed by atoms with E-state index in [1.54, 1.807) is 24.3 Å². The minimum atomic E-state index is -1.11. The molecule has 4 fully saturated rings. The van der Waals surface area contributed by atoms with Gasteiger partial charge in [-0.25, -0.2) is 0 Å². The first-order valence-electron chi connectivity index (χ1n) is 17.9. The largest absolute Gasteiger partial charge is 0.368 e. The summed E-state index contributed by atoms with van der Waals surface area (Å²) in [5.74, 6) is -0.642. The van der Waals surface area contributed by atoms with Crippen LogP contribution in [0.5, 0.6) is 0 Å². The van der Waals surface area contributed by atoms with Crippen LogP contribution in [-0.2, 0) is 25.6 Å². The number of thioether (sulfide) groups is 1. The summed E-state index contributed by atoms with van der Waals surface area (Å²) in [7, 11) is 0. The molecule has 0 radical (unpaired) electrons. The zero-order valence-corrected chi connectivity index (χ0v) is 29.4. The second kappa shape index (κ2) is 15.8. The molecule has 2 heterocycles. The van der Waals surface area contributed by atoms with E-state index in [9.17, 15) is 34.1 Å². The summed E-state index contributed by atoms with van der Waals surface area (Å²) in [6.45, 7) is 0.242. The minimum Gasteiger partial charge on any atom is -0.368 e. The molecule has 2 aliphatic heterocycles. The Kier molecular flexibility index (Phi) is 11.3. The Hall–Kier alpha value is -4.46. The van der Waals surface area contributed by atoms with Crippen LogP contribution in [-0.4, -0.2) is 64.9 Å². The third kappa shape index (κ3) is 9.07. The van der Waals surface area contributed by atoms with E-state index in [4.69, 9.17) is 5.73 Å². The SMILES string of the molecule is NC(=O)[C@H]1CCCCNC(=O)[C@H](NC(=O)CC23CC4CC(CC(C4)C2)C3)CSc2ccc(cc2[N+](=O)[O-])C(=O)N[C@H](Cc2ccccc2)C(=O)N1. The number of primary amides is 1. The van der Waals surface area contributed by atoms with Gasteiger partial charge in [0, 0.05) is 36.8 Å². The van der Waals surface area contributed by atoms with Gasteiger partial charge in [-0.05, 0) is 98.7 Å². The first kappa shape index (κ1) is 36.3. The van der Waals surface area contributed by atoms with Crippen LogP contribution in [0.2, 0.25) is 0 Å². The van der Waals surface area contributed by atoms with E-state index in [-0.39, 0.29) is 52.6 Å². The fourth-order valence-corrected chi connectivity index (χ4v) is 10.1. The van der Waals surface area contributed by atoms with Crippen molar-refractivity contribution in [1.29, 1.82) is 0 Å². The van der Waals surface area contributed by atoms with Crippen LogP contribution in [0.25, 0.3) is 0 Å². The molecule has 3 atom stereocenters. The van der Waals surface area contributed by atoms with Gasteiger partial charge in [-0.1, -0.05) is 30.3 Å². The average molecular weight is 719 g/mol. The number of nitrogens with one attached hydrogen (secondary N) is 4. The molecule has 0 aromatic heterocycles. The molecule has 14 heteroatoms. The van der Waals surface area contributed by atoms with Crippen LogP contribution in [0.3, 0.4) is 0 Å². The molecule has 5 amide bonds. The molecule has 4 aliphatic carbocycles. The molecule has 0 saturated heterocycles.